The second-order valence-corrected chi connectivity index (χ2v) is 8.42. The quantitative estimate of drug-likeness (QED) is 0.824. The molecule has 1 saturated heterocycles. The van der Waals surface area contributed by atoms with E-state index in [1.165, 1.54) is 18.2 Å². The monoisotopic (exact) mass is 380 g/mol. The Bertz CT molecular complexity index is 844. The Morgan fingerprint density at radius 2 is 1.77 bits per heavy atom. The summed E-state index contributed by atoms with van der Waals surface area (Å²) in [4.78, 5) is 4.21. The van der Waals surface area contributed by atoms with E-state index in [9.17, 15) is 12.8 Å². The van der Waals surface area contributed by atoms with Crippen LogP contribution in [0.5, 0.6) is 0 Å². The molecule has 3 rings (SSSR count). The predicted octanol–water partition coefficient (Wildman–Crippen LogP) is 1.43. The number of likely N-dealkylation sites (N-methyl/N-ethyl adjacent to an activating group) is 1. The number of piperazine rings is 1. The SMILES string of the molecule is CN1CCN([C@H](CNS(=O)(=O)c2ccccc2F)c2cccn2C)CC1. The van der Waals surface area contributed by atoms with E-state index in [-0.39, 0.29) is 17.5 Å². The van der Waals surface area contributed by atoms with Crippen molar-refractivity contribution in [3.8, 4) is 0 Å². The topological polar surface area (TPSA) is 57.6 Å². The van der Waals surface area contributed by atoms with Gasteiger partial charge in [-0.05, 0) is 31.3 Å². The summed E-state index contributed by atoms with van der Waals surface area (Å²) in [5.74, 6) is -0.741. The molecule has 1 aliphatic rings. The lowest BCUT2D eigenvalue weighted by atomic mass is 10.1. The van der Waals surface area contributed by atoms with Gasteiger partial charge in [-0.25, -0.2) is 17.5 Å². The second-order valence-electron chi connectivity index (χ2n) is 6.68. The van der Waals surface area contributed by atoms with Gasteiger partial charge >= 0.3 is 0 Å². The van der Waals surface area contributed by atoms with Crippen LogP contribution in [0.25, 0.3) is 0 Å². The molecule has 2 heterocycles. The summed E-state index contributed by atoms with van der Waals surface area (Å²) in [7, 11) is 0.117. The van der Waals surface area contributed by atoms with E-state index in [4.69, 9.17) is 0 Å². The molecule has 0 aliphatic carbocycles. The molecule has 142 valence electrons. The lowest BCUT2D eigenvalue weighted by molar-refractivity contribution is 0.109. The third-order valence-electron chi connectivity index (χ3n) is 4.90. The second kappa shape index (κ2) is 7.87. The Labute approximate surface area is 154 Å². The van der Waals surface area contributed by atoms with E-state index >= 15 is 0 Å². The fourth-order valence-electron chi connectivity index (χ4n) is 3.30. The molecule has 1 aliphatic heterocycles. The first-order chi connectivity index (χ1) is 12.4. The van der Waals surface area contributed by atoms with Gasteiger partial charge in [-0.15, -0.1) is 0 Å². The van der Waals surface area contributed by atoms with Crippen molar-refractivity contribution in [3.63, 3.8) is 0 Å². The molecule has 0 amide bonds. The summed E-state index contributed by atoms with van der Waals surface area (Å²) >= 11 is 0. The average molecular weight is 380 g/mol. The number of hydrogen-bond donors (Lipinski definition) is 1. The number of nitrogens with zero attached hydrogens (tertiary/aromatic N) is 3. The van der Waals surface area contributed by atoms with Gasteiger partial charge in [0.05, 0.1) is 6.04 Å². The zero-order valence-corrected chi connectivity index (χ0v) is 15.9. The van der Waals surface area contributed by atoms with Gasteiger partial charge < -0.3 is 9.47 Å². The van der Waals surface area contributed by atoms with Crippen molar-refractivity contribution in [2.75, 3.05) is 39.8 Å². The maximum atomic E-state index is 13.9. The van der Waals surface area contributed by atoms with E-state index in [0.717, 1.165) is 37.9 Å². The van der Waals surface area contributed by atoms with Crippen molar-refractivity contribution in [2.45, 2.75) is 10.9 Å². The molecule has 1 atom stereocenters. The fourth-order valence-corrected chi connectivity index (χ4v) is 4.42. The van der Waals surface area contributed by atoms with E-state index in [0.29, 0.717) is 0 Å². The van der Waals surface area contributed by atoms with E-state index < -0.39 is 15.8 Å². The summed E-state index contributed by atoms with van der Waals surface area (Å²) in [6.45, 7) is 3.77. The largest absolute Gasteiger partial charge is 0.353 e. The zero-order chi connectivity index (χ0) is 18.7. The third kappa shape index (κ3) is 4.15. The molecule has 1 aromatic heterocycles. The maximum absolute atomic E-state index is 13.9. The summed E-state index contributed by atoms with van der Waals surface area (Å²) < 4.78 is 43.6. The van der Waals surface area contributed by atoms with Gasteiger partial charge in [0, 0.05) is 51.7 Å². The Hall–Kier alpha value is -1.74. The highest BCUT2D eigenvalue weighted by molar-refractivity contribution is 7.89. The van der Waals surface area contributed by atoms with Gasteiger partial charge in [-0.1, -0.05) is 12.1 Å². The molecule has 2 aromatic rings. The lowest BCUT2D eigenvalue weighted by Crippen LogP contribution is -2.48. The molecule has 0 bridgehead atoms. The Kier molecular flexibility index (Phi) is 5.76. The summed E-state index contributed by atoms with van der Waals surface area (Å²) in [6.07, 6.45) is 1.95. The number of nitrogens with one attached hydrogen (secondary N) is 1. The number of halogens is 1. The predicted molar refractivity (Wildman–Crippen MR) is 98.8 cm³/mol. The van der Waals surface area contributed by atoms with Crippen LogP contribution < -0.4 is 4.72 Å². The molecule has 1 aromatic carbocycles. The first kappa shape index (κ1) is 19.0. The van der Waals surface area contributed by atoms with Crippen molar-refractivity contribution >= 4 is 10.0 Å². The molecule has 1 N–H and O–H groups in total. The summed E-state index contributed by atoms with van der Waals surface area (Å²) in [5, 5.41) is 0. The zero-order valence-electron chi connectivity index (χ0n) is 15.1. The highest BCUT2D eigenvalue weighted by Gasteiger charge is 2.28. The van der Waals surface area contributed by atoms with Crippen LogP contribution in [0.4, 0.5) is 4.39 Å². The molecular weight excluding hydrogens is 355 g/mol. The van der Waals surface area contributed by atoms with Gasteiger partial charge in [0.2, 0.25) is 10.0 Å². The van der Waals surface area contributed by atoms with Crippen molar-refractivity contribution in [1.29, 1.82) is 0 Å². The van der Waals surface area contributed by atoms with E-state index in [1.54, 1.807) is 0 Å². The van der Waals surface area contributed by atoms with Crippen molar-refractivity contribution < 1.29 is 12.8 Å². The van der Waals surface area contributed by atoms with Gasteiger partial charge in [0.15, 0.2) is 0 Å². The van der Waals surface area contributed by atoms with Gasteiger partial charge in [-0.3, -0.25) is 4.90 Å². The molecule has 8 heteroatoms. The molecule has 0 saturated carbocycles. The molecular formula is C18H25FN4O2S. The Balaban J connectivity index is 1.80. The standard InChI is InChI=1S/C18H25FN4O2S/c1-21-10-12-23(13-11-21)17(16-7-5-9-22(16)2)14-20-26(24,25)18-8-4-3-6-15(18)19/h3-9,17,20H,10-14H2,1-2H3/t17-/m1/s1. The molecule has 0 spiro atoms. The minimum atomic E-state index is -3.91. The Morgan fingerprint density at radius 3 is 2.38 bits per heavy atom. The lowest BCUT2D eigenvalue weighted by Gasteiger charge is -2.38. The van der Waals surface area contributed by atoms with Crippen LogP contribution in [0.3, 0.4) is 0 Å². The number of aromatic nitrogens is 1. The number of sulfonamides is 1. The third-order valence-corrected chi connectivity index (χ3v) is 6.35. The average Bonchev–Trinajstić information content (AvgIpc) is 3.03. The highest BCUT2D eigenvalue weighted by atomic mass is 32.2. The normalized spacial score (nSPS) is 18.1. The van der Waals surface area contributed by atoms with Crippen LogP contribution in [-0.2, 0) is 17.1 Å². The van der Waals surface area contributed by atoms with Crippen LogP contribution in [0.15, 0.2) is 47.5 Å². The van der Waals surface area contributed by atoms with Crippen molar-refractivity contribution in [1.82, 2.24) is 19.1 Å². The fraction of sp³-hybridized carbons (Fsp3) is 0.444. The number of hydrogen-bond acceptors (Lipinski definition) is 4. The van der Waals surface area contributed by atoms with Gasteiger partial charge in [0.25, 0.3) is 0 Å². The van der Waals surface area contributed by atoms with E-state index in [2.05, 4.69) is 21.6 Å². The van der Waals surface area contributed by atoms with Crippen molar-refractivity contribution in [3.05, 3.63) is 54.1 Å². The first-order valence-electron chi connectivity index (χ1n) is 8.66. The van der Waals surface area contributed by atoms with Crippen LogP contribution in [-0.4, -0.2) is 62.6 Å². The number of rotatable bonds is 6. The highest BCUT2D eigenvalue weighted by Crippen LogP contribution is 2.23. The minimum Gasteiger partial charge on any atom is -0.353 e. The summed E-state index contributed by atoms with van der Waals surface area (Å²) in [6, 6.07) is 9.28. The molecule has 1 fully saturated rings. The smallest absolute Gasteiger partial charge is 0.243 e. The minimum absolute atomic E-state index is 0.106. The van der Waals surface area contributed by atoms with Crippen LogP contribution in [0, 0.1) is 5.82 Å². The molecule has 0 unspecified atom stereocenters. The molecule has 6 nitrogen and oxygen atoms in total. The van der Waals surface area contributed by atoms with Gasteiger partial charge in [-0.2, -0.15) is 0 Å². The molecule has 26 heavy (non-hydrogen) atoms. The number of benzene rings is 1. The number of aryl methyl sites for hydroxylation is 1. The maximum Gasteiger partial charge on any atom is 0.243 e. The van der Waals surface area contributed by atoms with Gasteiger partial charge in [0.1, 0.15) is 10.7 Å². The van der Waals surface area contributed by atoms with E-state index in [1.807, 2.05) is 29.9 Å². The first-order valence-corrected chi connectivity index (χ1v) is 10.1. The molecule has 0 radical (unpaired) electrons. The van der Waals surface area contributed by atoms with Crippen LogP contribution in [0.1, 0.15) is 11.7 Å². The van der Waals surface area contributed by atoms with Crippen molar-refractivity contribution in [2.24, 2.45) is 7.05 Å². The van der Waals surface area contributed by atoms with Crippen LogP contribution >= 0.6 is 0 Å². The Morgan fingerprint density at radius 1 is 1.08 bits per heavy atom. The summed E-state index contributed by atoms with van der Waals surface area (Å²) in [5.41, 5.74) is 1.03. The van der Waals surface area contributed by atoms with Crippen LogP contribution in [0.2, 0.25) is 0 Å².